The number of rotatable bonds is 4. The highest BCUT2D eigenvalue weighted by Gasteiger charge is 2.42. The molecule has 0 bridgehead atoms. The van der Waals surface area contributed by atoms with E-state index in [0.717, 1.165) is 25.7 Å². The van der Waals surface area contributed by atoms with E-state index in [-0.39, 0.29) is 24.3 Å². The predicted octanol–water partition coefficient (Wildman–Crippen LogP) is -0.0356. The van der Waals surface area contributed by atoms with E-state index in [0.29, 0.717) is 12.4 Å². The van der Waals surface area contributed by atoms with Crippen molar-refractivity contribution in [1.82, 2.24) is 25.4 Å². The van der Waals surface area contributed by atoms with Crippen LogP contribution in [0.2, 0.25) is 0 Å². The Morgan fingerprint density at radius 1 is 1.37 bits per heavy atom. The molecule has 102 valence electrons. The van der Waals surface area contributed by atoms with Crippen LogP contribution in [0.3, 0.4) is 0 Å². The summed E-state index contributed by atoms with van der Waals surface area (Å²) in [5, 5.41) is 9.53. The summed E-state index contributed by atoms with van der Waals surface area (Å²) < 4.78 is 0. The third kappa shape index (κ3) is 2.37. The molecule has 1 unspecified atom stereocenters. The molecule has 2 amide bonds. The zero-order valence-electron chi connectivity index (χ0n) is 10.6. The topological polar surface area (TPSA) is 91.0 Å². The lowest BCUT2D eigenvalue weighted by atomic mass is 10.2. The average molecular weight is 263 g/mol. The first kappa shape index (κ1) is 12.3. The van der Waals surface area contributed by atoms with Crippen LogP contribution in [0.1, 0.15) is 37.9 Å². The van der Waals surface area contributed by atoms with E-state index in [9.17, 15) is 9.59 Å². The molecule has 1 saturated carbocycles. The summed E-state index contributed by atoms with van der Waals surface area (Å²) in [4.78, 5) is 29.7. The quantitative estimate of drug-likeness (QED) is 0.744. The molecule has 1 saturated heterocycles. The van der Waals surface area contributed by atoms with E-state index in [4.69, 9.17) is 0 Å². The van der Waals surface area contributed by atoms with Crippen LogP contribution in [0.25, 0.3) is 0 Å². The molecule has 2 fully saturated rings. The van der Waals surface area contributed by atoms with Gasteiger partial charge in [0, 0.05) is 6.04 Å². The first-order valence-corrected chi connectivity index (χ1v) is 6.69. The highest BCUT2D eigenvalue weighted by Crippen LogP contribution is 2.28. The van der Waals surface area contributed by atoms with Crippen LogP contribution >= 0.6 is 0 Å². The van der Waals surface area contributed by atoms with Crippen molar-refractivity contribution >= 4 is 11.8 Å². The average Bonchev–Trinajstić information content (AvgIpc) is 3.09. The molecule has 7 heteroatoms. The van der Waals surface area contributed by atoms with Crippen molar-refractivity contribution in [3.05, 3.63) is 12.2 Å². The number of amides is 2. The standard InChI is InChI=1S/C12H17N5O2/c18-11-5-9(13-6-10-14-7-15-16-10)12(19)17(11)8-3-1-2-4-8/h7-9,13H,1-6H2,(H,14,15,16). The lowest BCUT2D eigenvalue weighted by molar-refractivity contribution is -0.141. The van der Waals surface area contributed by atoms with Crippen molar-refractivity contribution < 1.29 is 9.59 Å². The van der Waals surface area contributed by atoms with Crippen LogP contribution in [0, 0.1) is 0 Å². The van der Waals surface area contributed by atoms with E-state index >= 15 is 0 Å². The molecule has 0 spiro atoms. The Balaban J connectivity index is 1.61. The van der Waals surface area contributed by atoms with Crippen LogP contribution in [-0.4, -0.2) is 44.0 Å². The maximum absolute atomic E-state index is 12.3. The van der Waals surface area contributed by atoms with Crippen molar-refractivity contribution in [1.29, 1.82) is 0 Å². The van der Waals surface area contributed by atoms with E-state index in [1.807, 2.05) is 0 Å². The molecular weight excluding hydrogens is 246 g/mol. The van der Waals surface area contributed by atoms with Gasteiger partial charge < -0.3 is 0 Å². The molecule has 2 N–H and O–H groups in total. The zero-order chi connectivity index (χ0) is 13.2. The van der Waals surface area contributed by atoms with Gasteiger partial charge in [0.25, 0.3) is 0 Å². The summed E-state index contributed by atoms with van der Waals surface area (Å²) in [6.45, 7) is 0.419. The smallest absolute Gasteiger partial charge is 0.247 e. The van der Waals surface area contributed by atoms with Crippen molar-refractivity contribution in [2.24, 2.45) is 0 Å². The Kier molecular flexibility index (Phi) is 3.29. The molecule has 3 rings (SSSR count). The van der Waals surface area contributed by atoms with Crippen LogP contribution in [-0.2, 0) is 16.1 Å². The van der Waals surface area contributed by atoms with Gasteiger partial charge in [0.15, 0.2) is 0 Å². The minimum Gasteiger partial charge on any atom is -0.298 e. The zero-order valence-corrected chi connectivity index (χ0v) is 10.6. The first-order chi connectivity index (χ1) is 9.25. The molecule has 1 aromatic rings. The highest BCUT2D eigenvalue weighted by molar-refractivity contribution is 6.05. The molecule has 1 aliphatic heterocycles. The van der Waals surface area contributed by atoms with E-state index in [2.05, 4.69) is 20.5 Å². The maximum Gasteiger partial charge on any atom is 0.247 e. The number of imide groups is 1. The summed E-state index contributed by atoms with van der Waals surface area (Å²) in [7, 11) is 0. The molecule has 19 heavy (non-hydrogen) atoms. The molecule has 2 heterocycles. The summed E-state index contributed by atoms with van der Waals surface area (Å²) in [5.74, 6) is 0.531. The molecule has 0 radical (unpaired) electrons. The van der Waals surface area contributed by atoms with Crippen molar-refractivity contribution in [3.63, 3.8) is 0 Å². The van der Waals surface area contributed by atoms with Crippen molar-refractivity contribution in [2.45, 2.75) is 50.7 Å². The van der Waals surface area contributed by atoms with Crippen LogP contribution in [0.15, 0.2) is 6.33 Å². The largest absolute Gasteiger partial charge is 0.298 e. The second-order valence-electron chi connectivity index (χ2n) is 5.11. The number of H-pyrrole nitrogens is 1. The van der Waals surface area contributed by atoms with Crippen molar-refractivity contribution in [3.8, 4) is 0 Å². The third-order valence-corrected chi connectivity index (χ3v) is 3.85. The molecule has 2 aliphatic rings. The van der Waals surface area contributed by atoms with Gasteiger partial charge >= 0.3 is 0 Å². The normalized spacial score (nSPS) is 24.6. The second kappa shape index (κ2) is 5.08. The fourth-order valence-electron chi connectivity index (χ4n) is 2.89. The Morgan fingerprint density at radius 3 is 2.84 bits per heavy atom. The Bertz CT molecular complexity index is 466. The first-order valence-electron chi connectivity index (χ1n) is 6.69. The summed E-state index contributed by atoms with van der Waals surface area (Å²) in [6.07, 6.45) is 5.79. The summed E-state index contributed by atoms with van der Waals surface area (Å²) in [6, 6.07) is -0.296. The number of aromatic nitrogens is 3. The Morgan fingerprint density at radius 2 is 2.16 bits per heavy atom. The maximum atomic E-state index is 12.3. The lowest BCUT2D eigenvalue weighted by Gasteiger charge is -2.22. The third-order valence-electron chi connectivity index (χ3n) is 3.85. The van der Waals surface area contributed by atoms with E-state index in [1.165, 1.54) is 11.2 Å². The van der Waals surface area contributed by atoms with Gasteiger partial charge in [0.1, 0.15) is 12.2 Å². The minimum atomic E-state index is -0.418. The molecule has 1 aromatic heterocycles. The number of carbonyl (C=O) groups is 2. The predicted molar refractivity (Wildman–Crippen MR) is 65.7 cm³/mol. The number of aromatic amines is 1. The fraction of sp³-hybridized carbons (Fsp3) is 0.667. The van der Waals surface area contributed by atoms with Crippen molar-refractivity contribution in [2.75, 3.05) is 0 Å². The summed E-state index contributed by atoms with van der Waals surface area (Å²) in [5.41, 5.74) is 0. The number of nitrogens with one attached hydrogen (secondary N) is 2. The highest BCUT2D eigenvalue weighted by atomic mass is 16.2. The fourth-order valence-corrected chi connectivity index (χ4v) is 2.89. The number of hydrogen-bond acceptors (Lipinski definition) is 5. The Hall–Kier alpha value is -1.76. The monoisotopic (exact) mass is 263 g/mol. The molecule has 7 nitrogen and oxygen atoms in total. The molecule has 1 atom stereocenters. The van der Waals surface area contributed by atoms with Gasteiger partial charge in [-0.05, 0) is 12.8 Å². The van der Waals surface area contributed by atoms with Gasteiger partial charge in [-0.15, -0.1) is 0 Å². The molecular formula is C12H17N5O2. The number of nitrogens with zero attached hydrogens (tertiary/aromatic N) is 3. The van der Waals surface area contributed by atoms with Gasteiger partial charge in [0.2, 0.25) is 11.8 Å². The van der Waals surface area contributed by atoms with Crippen LogP contribution in [0.4, 0.5) is 0 Å². The second-order valence-corrected chi connectivity index (χ2v) is 5.11. The minimum absolute atomic E-state index is 0.0491. The van der Waals surface area contributed by atoms with E-state index in [1.54, 1.807) is 0 Å². The van der Waals surface area contributed by atoms with Crippen LogP contribution < -0.4 is 5.32 Å². The van der Waals surface area contributed by atoms with Gasteiger partial charge in [-0.25, -0.2) is 4.98 Å². The van der Waals surface area contributed by atoms with Gasteiger partial charge in [-0.2, -0.15) is 5.10 Å². The van der Waals surface area contributed by atoms with Gasteiger partial charge in [0.05, 0.1) is 19.0 Å². The van der Waals surface area contributed by atoms with E-state index < -0.39 is 6.04 Å². The van der Waals surface area contributed by atoms with Gasteiger partial charge in [-0.1, -0.05) is 12.8 Å². The number of hydrogen-bond donors (Lipinski definition) is 2. The number of likely N-dealkylation sites (tertiary alicyclic amines) is 1. The molecule has 0 aromatic carbocycles. The Labute approximate surface area is 110 Å². The molecule has 1 aliphatic carbocycles. The lowest BCUT2D eigenvalue weighted by Crippen LogP contribution is -2.42. The SMILES string of the molecule is O=C1CC(NCc2ncn[nH]2)C(=O)N1C1CCCC1. The van der Waals surface area contributed by atoms with Crippen LogP contribution in [0.5, 0.6) is 0 Å². The summed E-state index contributed by atoms with van der Waals surface area (Å²) >= 11 is 0. The number of carbonyl (C=O) groups excluding carboxylic acids is 2. The van der Waals surface area contributed by atoms with Gasteiger partial charge in [-0.3, -0.25) is 24.9 Å².